The van der Waals surface area contributed by atoms with Crippen molar-refractivity contribution in [1.29, 1.82) is 0 Å². The minimum absolute atomic E-state index is 0.530. The van der Waals surface area contributed by atoms with Crippen molar-refractivity contribution in [2.45, 2.75) is 71.3 Å². The predicted molar refractivity (Wildman–Crippen MR) is 90.1 cm³/mol. The molecule has 0 saturated heterocycles. The highest BCUT2D eigenvalue weighted by atomic mass is 16.5. The molecule has 0 spiro atoms. The normalized spacial score (nSPS) is 17.0. The van der Waals surface area contributed by atoms with Gasteiger partial charge in [0.15, 0.2) is 0 Å². The van der Waals surface area contributed by atoms with Gasteiger partial charge < -0.3 is 10.1 Å². The Morgan fingerprint density at radius 2 is 1.90 bits per heavy atom. The van der Waals surface area contributed by atoms with E-state index in [-0.39, 0.29) is 0 Å². The van der Waals surface area contributed by atoms with Crippen LogP contribution in [0.3, 0.4) is 0 Å². The number of rotatable bonds is 10. The van der Waals surface area contributed by atoms with Crippen molar-refractivity contribution in [2.24, 2.45) is 0 Å². The van der Waals surface area contributed by atoms with Gasteiger partial charge in [-0.25, -0.2) is 0 Å². The summed E-state index contributed by atoms with van der Waals surface area (Å²) in [6, 6.07) is 7.07. The van der Waals surface area contributed by atoms with Crippen molar-refractivity contribution in [3.05, 3.63) is 29.3 Å². The molecule has 0 heterocycles. The fourth-order valence-corrected chi connectivity index (χ4v) is 3.28. The van der Waals surface area contributed by atoms with E-state index in [9.17, 15) is 0 Å². The molecule has 2 nitrogen and oxygen atoms in total. The Labute approximate surface area is 130 Å². The van der Waals surface area contributed by atoms with Crippen LogP contribution in [-0.4, -0.2) is 13.2 Å². The van der Waals surface area contributed by atoms with Gasteiger partial charge in [0.25, 0.3) is 0 Å². The Hall–Kier alpha value is -1.02. The van der Waals surface area contributed by atoms with E-state index in [0.717, 1.165) is 25.3 Å². The third-order valence-electron chi connectivity index (χ3n) is 4.43. The van der Waals surface area contributed by atoms with Gasteiger partial charge in [0.1, 0.15) is 5.75 Å². The average molecular weight is 289 g/mol. The highest BCUT2D eigenvalue weighted by Crippen LogP contribution is 2.36. The van der Waals surface area contributed by atoms with Crippen molar-refractivity contribution in [1.82, 2.24) is 5.32 Å². The lowest BCUT2D eigenvalue weighted by Gasteiger charge is -2.14. The van der Waals surface area contributed by atoms with Crippen LogP contribution in [0.4, 0.5) is 0 Å². The Morgan fingerprint density at radius 3 is 2.71 bits per heavy atom. The molecule has 1 N–H and O–H groups in total. The van der Waals surface area contributed by atoms with E-state index in [1.807, 2.05) is 0 Å². The predicted octanol–water partition coefficient (Wildman–Crippen LogP) is 5.02. The fourth-order valence-electron chi connectivity index (χ4n) is 3.28. The number of fused-ring (bicyclic) bond motifs is 1. The number of hydrogen-bond acceptors (Lipinski definition) is 2. The highest BCUT2D eigenvalue weighted by molar-refractivity contribution is 5.45. The van der Waals surface area contributed by atoms with Gasteiger partial charge >= 0.3 is 0 Å². The van der Waals surface area contributed by atoms with E-state index < -0.39 is 0 Å². The largest absolute Gasteiger partial charge is 0.493 e. The van der Waals surface area contributed by atoms with Crippen LogP contribution in [0.5, 0.6) is 5.75 Å². The van der Waals surface area contributed by atoms with Gasteiger partial charge in [-0.2, -0.15) is 0 Å². The molecular weight excluding hydrogens is 258 g/mol. The zero-order valence-electron chi connectivity index (χ0n) is 13.8. The fraction of sp³-hybridized carbons (Fsp3) is 0.684. The molecule has 0 aliphatic heterocycles. The summed E-state index contributed by atoms with van der Waals surface area (Å²) in [5, 5.41) is 3.57. The summed E-state index contributed by atoms with van der Waals surface area (Å²) < 4.78 is 6.05. The maximum Gasteiger partial charge on any atom is 0.122 e. The zero-order valence-corrected chi connectivity index (χ0v) is 13.8. The first kappa shape index (κ1) is 16.4. The standard InChI is InChI=1S/C19H31NO/c1-3-5-6-7-8-9-15-21-19-12-10-11-16-17(19)13-14-18(16)20-4-2/h10-12,18,20H,3-9,13-15H2,1-2H3. The van der Waals surface area contributed by atoms with Crippen molar-refractivity contribution in [2.75, 3.05) is 13.2 Å². The molecule has 2 heteroatoms. The summed E-state index contributed by atoms with van der Waals surface area (Å²) in [7, 11) is 0. The average Bonchev–Trinajstić information content (AvgIpc) is 2.91. The molecule has 1 atom stereocenters. The van der Waals surface area contributed by atoms with E-state index in [0.29, 0.717) is 6.04 Å². The van der Waals surface area contributed by atoms with Crippen LogP contribution in [0.2, 0.25) is 0 Å². The van der Waals surface area contributed by atoms with Crippen molar-refractivity contribution in [3.63, 3.8) is 0 Å². The molecule has 118 valence electrons. The van der Waals surface area contributed by atoms with Gasteiger partial charge in [-0.3, -0.25) is 0 Å². The Bertz CT molecular complexity index is 416. The molecule has 1 aromatic rings. The van der Waals surface area contributed by atoms with E-state index in [1.54, 1.807) is 0 Å². The molecule has 1 unspecified atom stereocenters. The molecule has 0 radical (unpaired) electrons. The number of ether oxygens (including phenoxy) is 1. The van der Waals surface area contributed by atoms with Crippen LogP contribution < -0.4 is 10.1 Å². The van der Waals surface area contributed by atoms with Crippen molar-refractivity contribution >= 4 is 0 Å². The van der Waals surface area contributed by atoms with Crippen molar-refractivity contribution < 1.29 is 4.74 Å². The highest BCUT2D eigenvalue weighted by Gasteiger charge is 2.24. The van der Waals surface area contributed by atoms with Crippen LogP contribution in [-0.2, 0) is 6.42 Å². The smallest absolute Gasteiger partial charge is 0.122 e. The number of unbranched alkanes of at least 4 members (excludes halogenated alkanes) is 5. The minimum atomic E-state index is 0.530. The summed E-state index contributed by atoms with van der Waals surface area (Å²) in [6.45, 7) is 6.35. The number of benzene rings is 1. The second kappa shape index (κ2) is 9.09. The Kier molecular flexibility index (Phi) is 7.08. The SMILES string of the molecule is CCCCCCCCOc1cccc2c1CCC2NCC. The van der Waals surface area contributed by atoms with Crippen LogP contribution in [0.25, 0.3) is 0 Å². The first-order valence-corrected chi connectivity index (χ1v) is 8.84. The summed E-state index contributed by atoms with van der Waals surface area (Å²) >= 11 is 0. The molecule has 1 aliphatic rings. The molecule has 1 aliphatic carbocycles. The summed E-state index contributed by atoms with van der Waals surface area (Å²) in [4.78, 5) is 0. The van der Waals surface area contributed by atoms with E-state index in [2.05, 4.69) is 37.4 Å². The lowest BCUT2D eigenvalue weighted by molar-refractivity contribution is 0.302. The Morgan fingerprint density at radius 1 is 1.10 bits per heavy atom. The van der Waals surface area contributed by atoms with E-state index in [1.165, 1.54) is 56.1 Å². The van der Waals surface area contributed by atoms with Gasteiger partial charge in [-0.05, 0) is 43.0 Å². The van der Waals surface area contributed by atoms with Gasteiger partial charge in [-0.15, -0.1) is 0 Å². The molecule has 0 amide bonds. The molecule has 0 saturated carbocycles. The van der Waals surface area contributed by atoms with E-state index in [4.69, 9.17) is 4.74 Å². The molecule has 2 rings (SSSR count). The first-order valence-electron chi connectivity index (χ1n) is 8.84. The van der Waals surface area contributed by atoms with E-state index >= 15 is 0 Å². The lowest BCUT2D eigenvalue weighted by Crippen LogP contribution is -2.18. The first-order chi connectivity index (χ1) is 10.4. The van der Waals surface area contributed by atoms with Crippen LogP contribution in [0.1, 0.15) is 76.0 Å². The molecule has 0 fully saturated rings. The molecule has 21 heavy (non-hydrogen) atoms. The van der Waals surface area contributed by atoms with Crippen LogP contribution >= 0.6 is 0 Å². The number of nitrogens with one attached hydrogen (secondary N) is 1. The van der Waals surface area contributed by atoms with Gasteiger partial charge in [-0.1, -0.05) is 58.1 Å². The summed E-state index contributed by atoms with van der Waals surface area (Å²) in [5.74, 6) is 1.13. The summed E-state index contributed by atoms with van der Waals surface area (Å²) in [6.07, 6.45) is 10.3. The molecule has 0 aromatic heterocycles. The van der Waals surface area contributed by atoms with Gasteiger partial charge in [0.05, 0.1) is 6.61 Å². The minimum Gasteiger partial charge on any atom is -0.493 e. The molecule has 0 bridgehead atoms. The molecule has 1 aromatic carbocycles. The van der Waals surface area contributed by atoms with Crippen LogP contribution in [0.15, 0.2) is 18.2 Å². The third-order valence-corrected chi connectivity index (χ3v) is 4.43. The Balaban J connectivity index is 1.77. The second-order valence-electron chi connectivity index (χ2n) is 6.09. The summed E-state index contributed by atoms with van der Waals surface area (Å²) in [5.41, 5.74) is 2.90. The molecular formula is C19H31NO. The quantitative estimate of drug-likeness (QED) is 0.610. The maximum absolute atomic E-state index is 6.05. The topological polar surface area (TPSA) is 21.3 Å². The lowest BCUT2D eigenvalue weighted by atomic mass is 10.1. The maximum atomic E-state index is 6.05. The third kappa shape index (κ3) is 4.74. The second-order valence-corrected chi connectivity index (χ2v) is 6.09. The van der Waals surface area contributed by atoms with Gasteiger partial charge in [0.2, 0.25) is 0 Å². The van der Waals surface area contributed by atoms with Crippen LogP contribution in [0, 0.1) is 0 Å². The van der Waals surface area contributed by atoms with Crippen molar-refractivity contribution in [3.8, 4) is 5.75 Å². The monoisotopic (exact) mass is 289 g/mol. The van der Waals surface area contributed by atoms with Gasteiger partial charge in [0, 0.05) is 6.04 Å². The zero-order chi connectivity index (χ0) is 14.9. The number of hydrogen-bond donors (Lipinski definition) is 1.